The Morgan fingerprint density at radius 3 is 3.09 bits per heavy atom. The van der Waals surface area contributed by atoms with Gasteiger partial charge < -0.3 is 0 Å². The Kier molecular flexibility index (Phi) is 2.78. The Labute approximate surface area is 75.6 Å². The van der Waals surface area contributed by atoms with Gasteiger partial charge in [-0.25, -0.2) is 0 Å². The van der Waals surface area contributed by atoms with E-state index < -0.39 is 4.20 Å². The highest BCUT2D eigenvalue weighted by Crippen LogP contribution is 2.35. The van der Waals surface area contributed by atoms with E-state index in [4.69, 9.17) is 0 Å². The minimum Gasteiger partial charge on any atom is -0.295 e. The van der Waals surface area contributed by atoms with Crippen molar-refractivity contribution in [1.82, 2.24) is 0 Å². The molecule has 0 N–H and O–H groups in total. The van der Waals surface area contributed by atoms with Crippen LogP contribution in [-0.4, -0.2) is 22.0 Å². The summed E-state index contributed by atoms with van der Waals surface area (Å²) >= 11 is 5.87. The highest BCUT2D eigenvalue weighted by molar-refractivity contribution is 8.12. The maximum Gasteiger partial charge on any atom is 0.168 e. The summed E-state index contributed by atoms with van der Waals surface area (Å²) in [4.78, 5) is 14.7. The standard InChI is InChI=1S/C7H9NOS2/c1-6(9)2-3-7(10)8-4-5-11-7/h2-4,10H,5H2,1H3/b3-2+. The number of hydrogen-bond donors (Lipinski definition) is 1. The quantitative estimate of drug-likeness (QED) is 0.525. The lowest BCUT2D eigenvalue weighted by atomic mass is 10.4. The van der Waals surface area contributed by atoms with E-state index in [-0.39, 0.29) is 5.78 Å². The first-order valence-corrected chi connectivity index (χ1v) is 4.65. The number of thioether (sulfide) groups is 1. The number of aliphatic imine (C=N–C) groups is 1. The summed E-state index contributed by atoms with van der Waals surface area (Å²) in [6.07, 6.45) is 5.03. The van der Waals surface area contributed by atoms with Crippen molar-refractivity contribution in [3.63, 3.8) is 0 Å². The molecule has 60 valence electrons. The number of nitrogens with zero attached hydrogens (tertiary/aromatic N) is 1. The van der Waals surface area contributed by atoms with Crippen molar-refractivity contribution in [2.24, 2.45) is 4.99 Å². The van der Waals surface area contributed by atoms with Gasteiger partial charge in [0.1, 0.15) is 0 Å². The van der Waals surface area contributed by atoms with Gasteiger partial charge in [0.2, 0.25) is 0 Å². The van der Waals surface area contributed by atoms with Gasteiger partial charge in [-0.1, -0.05) is 0 Å². The van der Waals surface area contributed by atoms with E-state index in [1.54, 1.807) is 17.8 Å². The first-order valence-electron chi connectivity index (χ1n) is 3.22. The second kappa shape index (κ2) is 3.45. The average molecular weight is 187 g/mol. The van der Waals surface area contributed by atoms with Crippen molar-refractivity contribution >= 4 is 36.4 Å². The molecule has 0 bridgehead atoms. The number of allylic oxidation sites excluding steroid dienone is 1. The second-order valence-corrected chi connectivity index (χ2v) is 4.45. The molecule has 0 aliphatic carbocycles. The third-order valence-electron chi connectivity index (χ3n) is 1.18. The molecule has 0 aromatic heterocycles. The summed E-state index contributed by atoms with van der Waals surface area (Å²) in [5.41, 5.74) is 0. The van der Waals surface area contributed by atoms with Gasteiger partial charge in [0.05, 0.1) is 0 Å². The molecule has 0 saturated carbocycles. The predicted molar refractivity (Wildman–Crippen MR) is 52.5 cm³/mol. The Morgan fingerprint density at radius 1 is 1.91 bits per heavy atom. The lowest BCUT2D eigenvalue weighted by molar-refractivity contribution is -0.112. The van der Waals surface area contributed by atoms with Gasteiger partial charge in [-0.05, 0) is 19.1 Å². The molecule has 1 aliphatic heterocycles. The van der Waals surface area contributed by atoms with Gasteiger partial charge in [0.25, 0.3) is 0 Å². The third-order valence-corrected chi connectivity index (χ3v) is 2.82. The number of rotatable bonds is 2. The molecule has 1 unspecified atom stereocenters. The van der Waals surface area contributed by atoms with Gasteiger partial charge in [-0.3, -0.25) is 9.79 Å². The maximum atomic E-state index is 10.6. The fourth-order valence-corrected chi connectivity index (χ4v) is 1.77. The molecule has 1 rings (SSSR count). The molecule has 0 aromatic rings. The zero-order chi connectivity index (χ0) is 8.32. The minimum absolute atomic E-state index is 0.0288. The van der Waals surface area contributed by atoms with E-state index in [0.29, 0.717) is 0 Å². The normalized spacial score (nSPS) is 30.0. The Morgan fingerprint density at radius 2 is 2.64 bits per heavy atom. The Balaban J connectivity index is 2.60. The topological polar surface area (TPSA) is 29.4 Å². The van der Waals surface area contributed by atoms with Gasteiger partial charge in [-0.2, -0.15) is 0 Å². The van der Waals surface area contributed by atoms with E-state index in [0.717, 1.165) is 5.75 Å². The van der Waals surface area contributed by atoms with E-state index >= 15 is 0 Å². The number of carbonyl (C=O) groups excluding carboxylic acids is 1. The highest BCUT2D eigenvalue weighted by Gasteiger charge is 2.23. The highest BCUT2D eigenvalue weighted by atomic mass is 32.2. The minimum atomic E-state index is -0.494. The summed E-state index contributed by atoms with van der Waals surface area (Å²) < 4.78 is -0.494. The van der Waals surface area contributed by atoms with Crippen LogP contribution in [0.1, 0.15) is 6.92 Å². The molecule has 11 heavy (non-hydrogen) atoms. The van der Waals surface area contributed by atoms with Crippen molar-refractivity contribution < 1.29 is 4.79 Å². The number of hydrogen-bond acceptors (Lipinski definition) is 4. The van der Waals surface area contributed by atoms with Crippen LogP contribution in [0.25, 0.3) is 0 Å². The van der Waals surface area contributed by atoms with Crippen molar-refractivity contribution in [2.75, 3.05) is 5.75 Å². The number of carbonyl (C=O) groups is 1. The van der Waals surface area contributed by atoms with Crippen LogP contribution in [0.2, 0.25) is 0 Å². The lowest BCUT2D eigenvalue weighted by Crippen LogP contribution is -2.05. The second-order valence-electron chi connectivity index (χ2n) is 2.23. The lowest BCUT2D eigenvalue weighted by Gasteiger charge is -2.11. The summed E-state index contributed by atoms with van der Waals surface area (Å²) in [6.45, 7) is 1.51. The van der Waals surface area contributed by atoms with Crippen LogP contribution in [-0.2, 0) is 4.79 Å². The van der Waals surface area contributed by atoms with E-state index in [1.807, 2.05) is 6.21 Å². The van der Waals surface area contributed by atoms with Crippen LogP contribution in [0, 0.1) is 0 Å². The third kappa shape index (κ3) is 2.71. The zero-order valence-electron chi connectivity index (χ0n) is 6.15. The first-order chi connectivity index (χ1) is 5.12. The molecular weight excluding hydrogens is 178 g/mol. The summed E-state index contributed by atoms with van der Waals surface area (Å²) in [5.74, 6) is 0.896. The zero-order valence-corrected chi connectivity index (χ0v) is 7.86. The summed E-state index contributed by atoms with van der Waals surface area (Å²) in [5, 5.41) is 0. The molecular formula is C7H9NOS2. The molecule has 0 radical (unpaired) electrons. The Hall–Kier alpha value is -0.220. The van der Waals surface area contributed by atoms with Crippen LogP contribution in [0.15, 0.2) is 17.1 Å². The monoisotopic (exact) mass is 187 g/mol. The molecule has 1 heterocycles. The van der Waals surface area contributed by atoms with Crippen molar-refractivity contribution in [2.45, 2.75) is 11.1 Å². The smallest absolute Gasteiger partial charge is 0.168 e. The van der Waals surface area contributed by atoms with Crippen LogP contribution < -0.4 is 0 Å². The van der Waals surface area contributed by atoms with Crippen molar-refractivity contribution in [3.05, 3.63) is 12.2 Å². The largest absolute Gasteiger partial charge is 0.295 e. The molecule has 0 aromatic carbocycles. The summed E-state index contributed by atoms with van der Waals surface area (Å²) in [7, 11) is 0. The van der Waals surface area contributed by atoms with Crippen LogP contribution in [0.4, 0.5) is 0 Å². The molecule has 1 atom stereocenters. The van der Waals surface area contributed by atoms with E-state index in [1.165, 1.54) is 13.0 Å². The SMILES string of the molecule is CC(=O)/C=C/C1(S)N=CCS1. The molecule has 4 heteroatoms. The molecule has 0 saturated heterocycles. The van der Waals surface area contributed by atoms with Crippen LogP contribution in [0.3, 0.4) is 0 Å². The molecule has 2 nitrogen and oxygen atoms in total. The van der Waals surface area contributed by atoms with Gasteiger partial charge in [0, 0.05) is 12.0 Å². The molecule has 0 fully saturated rings. The van der Waals surface area contributed by atoms with Crippen molar-refractivity contribution in [3.8, 4) is 0 Å². The first kappa shape index (κ1) is 8.87. The summed E-state index contributed by atoms with van der Waals surface area (Å²) in [6, 6.07) is 0. The van der Waals surface area contributed by atoms with Crippen LogP contribution >= 0.6 is 24.4 Å². The van der Waals surface area contributed by atoms with Gasteiger partial charge >= 0.3 is 0 Å². The van der Waals surface area contributed by atoms with Gasteiger partial charge in [-0.15, -0.1) is 24.4 Å². The van der Waals surface area contributed by atoms with E-state index in [2.05, 4.69) is 17.6 Å². The predicted octanol–water partition coefficient (Wildman–Crippen LogP) is 1.53. The average Bonchev–Trinajstić information content (AvgIpc) is 2.33. The Bertz CT molecular complexity index is 224. The molecule has 0 amide bonds. The molecule has 0 spiro atoms. The maximum absolute atomic E-state index is 10.6. The van der Waals surface area contributed by atoms with Crippen LogP contribution in [0.5, 0.6) is 0 Å². The van der Waals surface area contributed by atoms with E-state index in [9.17, 15) is 4.79 Å². The van der Waals surface area contributed by atoms with Gasteiger partial charge in [0.15, 0.2) is 9.99 Å². The van der Waals surface area contributed by atoms with Crippen molar-refractivity contribution in [1.29, 1.82) is 0 Å². The number of thiol groups is 1. The molecule has 1 aliphatic rings. The number of ketones is 1. The fraction of sp³-hybridized carbons (Fsp3) is 0.429. The fourth-order valence-electron chi connectivity index (χ4n) is 0.682.